The maximum absolute atomic E-state index is 12.1. The molecule has 0 aliphatic rings. The molecule has 2 aromatic rings. The molecule has 1 atom stereocenters. The van der Waals surface area contributed by atoms with E-state index < -0.39 is 6.04 Å². The van der Waals surface area contributed by atoms with E-state index in [1.807, 2.05) is 45.0 Å². The van der Waals surface area contributed by atoms with Crippen LogP contribution in [0.1, 0.15) is 26.3 Å². The Morgan fingerprint density at radius 2 is 2.19 bits per heavy atom. The number of anilines is 1. The van der Waals surface area contributed by atoms with E-state index in [4.69, 9.17) is 5.73 Å². The summed E-state index contributed by atoms with van der Waals surface area (Å²) in [5.41, 5.74) is 7.44. The lowest BCUT2D eigenvalue weighted by Gasteiger charge is -2.25. The van der Waals surface area contributed by atoms with Gasteiger partial charge in [-0.25, -0.2) is 9.67 Å². The third-order valence-corrected chi connectivity index (χ3v) is 3.22. The van der Waals surface area contributed by atoms with Crippen LogP contribution in [-0.2, 0) is 11.3 Å². The van der Waals surface area contributed by atoms with Gasteiger partial charge in [0.05, 0.1) is 12.6 Å². The Morgan fingerprint density at radius 3 is 2.81 bits per heavy atom. The second kappa shape index (κ2) is 6.05. The van der Waals surface area contributed by atoms with Crippen LogP contribution in [0.5, 0.6) is 0 Å². The first-order chi connectivity index (χ1) is 9.86. The summed E-state index contributed by atoms with van der Waals surface area (Å²) >= 11 is 0. The van der Waals surface area contributed by atoms with Crippen LogP contribution in [0.2, 0.25) is 0 Å². The van der Waals surface area contributed by atoms with E-state index in [1.165, 1.54) is 6.33 Å². The molecule has 0 radical (unpaired) electrons. The highest BCUT2D eigenvalue weighted by atomic mass is 16.2. The monoisotopic (exact) mass is 287 g/mol. The fourth-order valence-electron chi connectivity index (χ4n) is 1.86. The average molecular weight is 287 g/mol. The predicted octanol–water partition coefficient (Wildman–Crippen LogP) is 1.64. The number of aromatic nitrogens is 3. The molecule has 1 heterocycles. The molecule has 1 unspecified atom stereocenters. The van der Waals surface area contributed by atoms with Crippen molar-refractivity contribution < 1.29 is 4.79 Å². The maximum Gasteiger partial charge on any atom is 0.241 e. The van der Waals surface area contributed by atoms with Crippen LogP contribution in [0.3, 0.4) is 0 Å². The zero-order valence-corrected chi connectivity index (χ0v) is 12.6. The summed E-state index contributed by atoms with van der Waals surface area (Å²) in [6.45, 7) is 6.43. The first kappa shape index (κ1) is 15.2. The molecule has 0 spiro atoms. The zero-order valence-electron chi connectivity index (χ0n) is 12.6. The number of carbonyl (C=O) groups is 1. The molecule has 0 aliphatic heterocycles. The summed E-state index contributed by atoms with van der Waals surface area (Å²) in [6, 6.07) is 7.06. The minimum Gasteiger partial charge on any atom is -0.325 e. The normalized spacial score (nSPS) is 13.0. The van der Waals surface area contributed by atoms with E-state index in [1.54, 1.807) is 11.0 Å². The largest absolute Gasteiger partial charge is 0.325 e. The molecular formula is C15H21N5O. The number of hydrogen-bond acceptors (Lipinski definition) is 4. The zero-order chi connectivity index (χ0) is 15.5. The number of nitrogens with two attached hydrogens (primary N) is 1. The molecule has 6 heteroatoms. The topological polar surface area (TPSA) is 85.8 Å². The number of carbonyl (C=O) groups excluding carboxylic acids is 1. The fraction of sp³-hybridized carbons (Fsp3) is 0.400. The number of nitrogens with zero attached hydrogens (tertiary/aromatic N) is 3. The van der Waals surface area contributed by atoms with Gasteiger partial charge < -0.3 is 11.1 Å². The average Bonchev–Trinajstić information content (AvgIpc) is 2.90. The highest BCUT2D eigenvalue weighted by Gasteiger charge is 2.27. The van der Waals surface area contributed by atoms with E-state index in [-0.39, 0.29) is 11.3 Å². The van der Waals surface area contributed by atoms with E-state index >= 15 is 0 Å². The second-order valence-electron chi connectivity index (χ2n) is 6.13. The van der Waals surface area contributed by atoms with Crippen LogP contribution in [0.4, 0.5) is 5.69 Å². The molecule has 0 aliphatic carbocycles. The Bertz CT molecular complexity index is 601. The highest BCUT2D eigenvalue weighted by Crippen LogP contribution is 2.19. The van der Waals surface area contributed by atoms with Gasteiger partial charge in [0.25, 0.3) is 0 Å². The van der Waals surface area contributed by atoms with Gasteiger partial charge in [0.1, 0.15) is 12.7 Å². The maximum atomic E-state index is 12.1. The molecule has 1 aromatic heterocycles. The number of nitrogens with one attached hydrogen (secondary N) is 1. The van der Waals surface area contributed by atoms with Crippen molar-refractivity contribution in [1.29, 1.82) is 0 Å². The van der Waals surface area contributed by atoms with Gasteiger partial charge in [-0.05, 0) is 23.1 Å². The van der Waals surface area contributed by atoms with Crippen molar-refractivity contribution in [1.82, 2.24) is 14.8 Å². The lowest BCUT2D eigenvalue weighted by atomic mass is 9.87. The van der Waals surface area contributed by atoms with Crippen LogP contribution in [0.25, 0.3) is 0 Å². The molecule has 112 valence electrons. The van der Waals surface area contributed by atoms with Crippen LogP contribution in [0, 0.1) is 5.41 Å². The predicted molar refractivity (Wildman–Crippen MR) is 81.6 cm³/mol. The number of hydrogen-bond donors (Lipinski definition) is 2. The van der Waals surface area contributed by atoms with Crippen molar-refractivity contribution in [3.05, 3.63) is 42.5 Å². The van der Waals surface area contributed by atoms with Crippen LogP contribution < -0.4 is 11.1 Å². The van der Waals surface area contributed by atoms with Gasteiger partial charge in [0.2, 0.25) is 5.91 Å². The van der Waals surface area contributed by atoms with E-state index in [0.717, 1.165) is 11.3 Å². The van der Waals surface area contributed by atoms with Crippen molar-refractivity contribution >= 4 is 11.6 Å². The Morgan fingerprint density at radius 1 is 1.43 bits per heavy atom. The summed E-state index contributed by atoms with van der Waals surface area (Å²) in [6.07, 6.45) is 3.15. The van der Waals surface area contributed by atoms with E-state index in [0.29, 0.717) is 6.54 Å². The number of amides is 1. The van der Waals surface area contributed by atoms with Crippen molar-refractivity contribution in [2.75, 3.05) is 5.32 Å². The highest BCUT2D eigenvalue weighted by molar-refractivity contribution is 5.95. The Kier molecular flexibility index (Phi) is 4.37. The summed E-state index contributed by atoms with van der Waals surface area (Å²) in [5.74, 6) is -0.180. The molecule has 3 N–H and O–H groups in total. The molecule has 0 saturated carbocycles. The summed E-state index contributed by atoms with van der Waals surface area (Å²) in [5, 5.41) is 6.92. The minimum absolute atomic E-state index is 0.180. The number of benzene rings is 1. The minimum atomic E-state index is -0.559. The van der Waals surface area contributed by atoms with Crippen molar-refractivity contribution in [2.45, 2.75) is 33.4 Å². The van der Waals surface area contributed by atoms with Crippen LogP contribution in [-0.4, -0.2) is 26.7 Å². The molecule has 0 saturated heterocycles. The molecule has 6 nitrogen and oxygen atoms in total. The standard InChI is InChI=1S/C15H21N5O/c1-15(2,3)13(16)14(21)19-12-6-4-5-11(7-12)8-20-10-17-9-18-20/h4-7,9-10,13H,8,16H2,1-3H3,(H,19,21). The first-order valence-electron chi connectivity index (χ1n) is 6.84. The second-order valence-corrected chi connectivity index (χ2v) is 6.13. The number of rotatable bonds is 4. The van der Waals surface area contributed by atoms with Gasteiger partial charge in [-0.2, -0.15) is 5.10 Å². The van der Waals surface area contributed by atoms with Gasteiger partial charge in [0.15, 0.2) is 0 Å². The molecule has 1 amide bonds. The Labute approximate surface area is 124 Å². The van der Waals surface area contributed by atoms with E-state index in [9.17, 15) is 4.79 Å². The van der Waals surface area contributed by atoms with Crippen molar-refractivity contribution in [2.24, 2.45) is 11.1 Å². The molecule has 1 aromatic carbocycles. The lowest BCUT2D eigenvalue weighted by molar-refractivity contribution is -0.119. The third-order valence-electron chi connectivity index (χ3n) is 3.22. The van der Waals surface area contributed by atoms with E-state index in [2.05, 4.69) is 15.4 Å². The third kappa shape index (κ3) is 4.13. The SMILES string of the molecule is CC(C)(C)C(N)C(=O)Nc1cccc(Cn2cncn2)c1. The fourth-order valence-corrected chi connectivity index (χ4v) is 1.86. The van der Waals surface area contributed by atoms with Crippen molar-refractivity contribution in [3.63, 3.8) is 0 Å². The van der Waals surface area contributed by atoms with Gasteiger partial charge in [0, 0.05) is 5.69 Å². The molecule has 0 fully saturated rings. The van der Waals surface area contributed by atoms with Crippen molar-refractivity contribution in [3.8, 4) is 0 Å². The Hall–Kier alpha value is -2.21. The smallest absolute Gasteiger partial charge is 0.241 e. The summed E-state index contributed by atoms with van der Waals surface area (Å²) < 4.78 is 1.72. The Balaban J connectivity index is 2.06. The lowest BCUT2D eigenvalue weighted by Crippen LogP contribution is -2.45. The molecular weight excluding hydrogens is 266 g/mol. The summed E-state index contributed by atoms with van der Waals surface area (Å²) in [7, 11) is 0. The van der Waals surface area contributed by atoms with Gasteiger partial charge in [-0.15, -0.1) is 0 Å². The van der Waals surface area contributed by atoms with Crippen LogP contribution >= 0.6 is 0 Å². The van der Waals surface area contributed by atoms with Gasteiger partial charge in [-0.3, -0.25) is 4.79 Å². The van der Waals surface area contributed by atoms with Crippen LogP contribution in [0.15, 0.2) is 36.9 Å². The molecule has 21 heavy (non-hydrogen) atoms. The van der Waals surface area contributed by atoms with Gasteiger partial charge in [-0.1, -0.05) is 32.9 Å². The molecule has 0 bridgehead atoms. The quantitative estimate of drug-likeness (QED) is 0.895. The first-order valence-corrected chi connectivity index (χ1v) is 6.84. The summed E-state index contributed by atoms with van der Waals surface area (Å²) in [4.78, 5) is 16.0. The van der Waals surface area contributed by atoms with Gasteiger partial charge >= 0.3 is 0 Å². The molecule has 2 rings (SSSR count).